The van der Waals surface area contributed by atoms with Gasteiger partial charge in [0, 0.05) is 42.8 Å². The van der Waals surface area contributed by atoms with Crippen LogP contribution in [0.15, 0.2) is 54.9 Å². The van der Waals surface area contributed by atoms with Gasteiger partial charge in [-0.3, -0.25) is 4.79 Å². The van der Waals surface area contributed by atoms with E-state index < -0.39 is 0 Å². The molecule has 6 nitrogen and oxygen atoms in total. The number of halogens is 1. The molecule has 2 heterocycles. The monoisotopic (exact) mass is 436 g/mol. The Balaban J connectivity index is 1.33. The molecule has 1 aromatic heterocycles. The molecule has 1 aliphatic heterocycles. The molecule has 1 aliphatic rings. The zero-order valence-electron chi connectivity index (χ0n) is 17.7. The maximum absolute atomic E-state index is 12.6. The molecule has 1 amide bonds. The van der Waals surface area contributed by atoms with E-state index in [2.05, 4.69) is 14.9 Å². The van der Waals surface area contributed by atoms with Gasteiger partial charge in [-0.2, -0.15) is 0 Å². The first kappa shape index (κ1) is 21.1. The molecule has 3 aromatic rings. The number of anilines is 1. The highest BCUT2D eigenvalue weighted by Crippen LogP contribution is 2.26. The van der Waals surface area contributed by atoms with Crippen molar-refractivity contribution in [1.29, 1.82) is 0 Å². The molecule has 0 N–H and O–H groups in total. The van der Waals surface area contributed by atoms with Crippen molar-refractivity contribution in [3.05, 3.63) is 71.0 Å². The second-order valence-electron chi connectivity index (χ2n) is 7.66. The standard InChI is InChI=1S/C24H25ClN4O2/c1-17-12-20(13-18(2)24(17)25)31-15-23(30)29-10-8-28(9-11-29)22-14-21(26-16-27-22)19-6-4-3-5-7-19/h3-7,12-14,16H,8-11,15H2,1-2H3. The summed E-state index contributed by atoms with van der Waals surface area (Å²) in [5, 5.41) is 0.731. The molecule has 2 aromatic carbocycles. The van der Waals surface area contributed by atoms with Crippen LogP contribution in [-0.4, -0.2) is 53.6 Å². The Bertz CT molecular complexity index is 1040. The zero-order valence-corrected chi connectivity index (χ0v) is 18.5. The van der Waals surface area contributed by atoms with Crippen molar-refractivity contribution >= 4 is 23.3 Å². The van der Waals surface area contributed by atoms with E-state index in [9.17, 15) is 4.79 Å². The molecule has 0 saturated carbocycles. The van der Waals surface area contributed by atoms with Gasteiger partial charge in [-0.15, -0.1) is 0 Å². The maximum Gasteiger partial charge on any atom is 0.260 e. The Morgan fingerprint density at radius 2 is 1.68 bits per heavy atom. The number of aromatic nitrogens is 2. The lowest BCUT2D eigenvalue weighted by Crippen LogP contribution is -2.50. The van der Waals surface area contributed by atoms with Gasteiger partial charge in [0.1, 0.15) is 17.9 Å². The first-order valence-corrected chi connectivity index (χ1v) is 10.7. The second kappa shape index (κ2) is 9.35. The summed E-state index contributed by atoms with van der Waals surface area (Å²) in [6.45, 7) is 6.58. The summed E-state index contributed by atoms with van der Waals surface area (Å²) in [5.41, 5.74) is 3.84. The molecule has 0 bridgehead atoms. The molecular formula is C24H25ClN4O2. The van der Waals surface area contributed by atoms with Crippen LogP contribution in [0, 0.1) is 13.8 Å². The Morgan fingerprint density at radius 1 is 1.00 bits per heavy atom. The first-order valence-electron chi connectivity index (χ1n) is 10.3. The third-order valence-electron chi connectivity index (χ3n) is 5.45. The Kier molecular flexibility index (Phi) is 6.37. The summed E-state index contributed by atoms with van der Waals surface area (Å²) in [4.78, 5) is 25.5. The van der Waals surface area contributed by atoms with Gasteiger partial charge in [0.05, 0.1) is 5.69 Å². The number of hydrogen-bond acceptors (Lipinski definition) is 5. The van der Waals surface area contributed by atoms with Crippen molar-refractivity contribution in [2.24, 2.45) is 0 Å². The van der Waals surface area contributed by atoms with Crippen molar-refractivity contribution in [3.63, 3.8) is 0 Å². The van der Waals surface area contributed by atoms with Crippen LogP contribution in [0.4, 0.5) is 5.82 Å². The van der Waals surface area contributed by atoms with Crippen LogP contribution in [0.5, 0.6) is 5.75 Å². The smallest absolute Gasteiger partial charge is 0.260 e. The minimum absolute atomic E-state index is 0.0161. The molecule has 0 aliphatic carbocycles. The number of amides is 1. The average Bonchev–Trinajstić information content (AvgIpc) is 2.81. The summed E-state index contributed by atoms with van der Waals surface area (Å²) in [7, 11) is 0. The van der Waals surface area contributed by atoms with E-state index in [4.69, 9.17) is 16.3 Å². The van der Waals surface area contributed by atoms with Gasteiger partial charge >= 0.3 is 0 Å². The second-order valence-corrected chi connectivity index (χ2v) is 8.03. The third kappa shape index (κ3) is 4.97. The van der Waals surface area contributed by atoms with E-state index in [0.29, 0.717) is 18.8 Å². The summed E-state index contributed by atoms with van der Waals surface area (Å²) in [5.74, 6) is 1.53. The van der Waals surface area contributed by atoms with E-state index in [-0.39, 0.29) is 12.5 Å². The van der Waals surface area contributed by atoms with E-state index in [1.165, 1.54) is 0 Å². The fourth-order valence-electron chi connectivity index (χ4n) is 3.70. The predicted molar refractivity (Wildman–Crippen MR) is 123 cm³/mol. The molecule has 31 heavy (non-hydrogen) atoms. The Labute approximate surface area is 187 Å². The van der Waals surface area contributed by atoms with Gasteiger partial charge in [-0.25, -0.2) is 9.97 Å². The van der Waals surface area contributed by atoms with Gasteiger partial charge in [-0.1, -0.05) is 41.9 Å². The average molecular weight is 437 g/mol. The number of aryl methyl sites for hydroxylation is 2. The summed E-state index contributed by atoms with van der Waals surface area (Å²) in [6.07, 6.45) is 1.60. The van der Waals surface area contributed by atoms with Crippen LogP contribution in [0.2, 0.25) is 5.02 Å². The molecule has 7 heteroatoms. The van der Waals surface area contributed by atoms with Crippen molar-refractivity contribution in [1.82, 2.24) is 14.9 Å². The molecule has 0 spiro atoms. The summed E-state index contributed by atoms with van der Waals surface area (Å²) in [6, 6.07) is 15.8. The van der Waals surface area contributed by atoms with Crippen LogP contribution in [-0.2, 0) is 4.79 Å². The topological polar surface area (TPSA) is 58.6 Å². The SMILES string of the molecule is Cc1cc(OCC(=O)N2CCN(c3cc(-c4ccccc4)ncn3)CC2)cc(C)c1Cl. The normalized spacial score (nSPS) is 13.9. The van der Waals surface area contributed by atoms with Crippen molar-refractivity contribution in [3.8, 4) is 17.0 Å². The van der Waals surface area contributed by atoms with E-state index >= 15 is 0 Å². The van der Waals surface area contributed by atoms with Gasteiger partial charge in [0.25, 0.3) is 5.91 Å². The van der Waals surface area contributed by atoms with Crippen molar-refractivity contribution in [2.75, 3.05) is 37.7 Å². The van der Waals surface area contributed by atoms with Crippen LogP contribution in [0.3, 0.4) is 0 Å². The minimum atomic E-state index is -0.0161. The Morgan fingerprint density at radius 3 is 2.35 bits per heavy atom. The number of benzene rings is 2. The highest BCUT2D eigenvalue weighted by molar-refractivity contribution is 6.32. The lowest BCUT2D eigenvalue weighted by molar-refractivity contribution is -0.133. The molecule has 4 rings (SSSR count). The van der Waals surface area contributed by atoms with Crippen LogP contribution >= 0.6 is 11.6 Å². The van der Waals surface area contributed by atoms with Crippen LogP contribution < -0.4 is 9.64 Å². The zero-order chi connectivity index (χ0) is 21.8. The first-order chi connectivity index (χ1) is 15.0. The molecule has 160 valence electrons. The highest BCUT2D eigenvalue weighted by atomic mass is 35.5. The number of piperazine rings is 1. The molecule has 0 unspecified atom stereocenters. The van der Waals surface area contributed by atoms with Crippen molar-refractivity contribution in [2.45, 2.75) is 13.8 Å². The van der Waals surface area contributed by atoms with Gasteiger partial charge < -0.3 is 14.5 Å². The maximum atomic E-state index is 12.6. The minimum Gasteiger partial charge on any atom is -0.484 e. The number of ether oxygens (including phenoxy) is 1. The molecule has 0 radical (unpaired) electrons. The number of rotatable bonds is 5. The molecule has 1 saturated heterocycles. The van der Waals surface area contributed by atoms with Gasteiger partial charge in [-0.05, 0) is 37.1 Å². The fraction of sp³-hybridized carbons (Fsp3) is 0.292. The lowest BCUT2D eigenvalue weighted by atomic mass is 10.1. The van der Waals surface area contributed by atoms with E-state index in [1.54, 1.807) is 6.33 Å². The molecule has 0 atom stereocenters. The van der Waals surface area contributed by atoms with E-state index in [1.807, 2.05) is 67.3 Å². The lowest BCUT2D eigenvalue weighted by Gasteiger charge is -2.35. The number of hydrogen-bond donors (Lipinski definition) is 0. The highest BCUT2D eigenvalue weighted by Gasteiger charge is 2.22. The fourth-order valence-corrected chi connectivity index (χ4v) is 3.81. The molecular weight excluding hydrogens is 412 g/mol. The van der Waals surface area contributed by atoms with E-state index in [0.717, 1.165) is 46.3 Å². The number of carbonyl (C=O) groups excluding carboxylic acids is 1. The van der Waals surface area contributed by atoms with Crippen LogP contribution in [0.25, 0.3) is 11.3 Å². The number of nitrogens with zero attached hydrogens (tertiary/aromatic N) is 4. The predicted octanol–water partition coefficient (Wildman–Crippen LogP) is 4.14. The Hall–Kier alpha value is -3.12. The number of carbonyl (C=O) groups is 1. The third-order valence-corrected chi connectivity index (χ3v) is 6.05. The summed E-state index contributed by atoms with van der Waals surface area (Å²) < 4.78 is 5.73. The largest absolute Gasteiger partial charge is 0.484 e. The summed E-state index contributed by atoms with van der Waals surface area (Å²) >= 11 is 6.20. The van der Waals surface area contributed by atoms with Gasteiger partial charge in [0.2, 0.25) is 0 Å². The van der Waals surface area contributed by atoms with Crippen molar-refractivity contribution < 1.29 is 9.53 Å². The molecule has 1 fully saturated rings. The quantitative estimate of drug-likeness (QED) is 0.601. The van der Waals surface area contributed by atoms with Crippen LogP contribution in [0.1, 0.15) is 11.1 Å². The van der Waals surface area contributed by atoms with Gasteiger partial charge in [0.15, 0.2) is 6.61 Å².